The minimum absolute atomic E-state index is 0.0973. The van der Waals surface area contributed by atoms with Gasteiger partial charge in [0.25, 0.3) is 5.91 Å². The molecule has 116 valence electrons. The molecular weight excluding hydrogens is 274 g/mol. The molecule has 0 saturated carbocycles. The topological polar surface area (TPSA) is 29.5 Å². The van der Waals surface area contributed by atoms with E-state index in [1.165, 1.54) is 5.39 Å². The van der Waals surface area contributed by atoms with E-state index in [-0.39, 0.29) is 5.91 Å². The summed E-state index contributed by atoms with van der Waals surface area (Å²) in [6.45, 7) is 5.79. The summed E-state index contributed by atoms with van der Waals surface area (Å²) >= 11 is 0. The highest BCUT2D eigenvalue weighted by molar-refractivity contribution is 5.84. The van der Waals surface area contributed by atoms with Gasteiger partial charge in [-0.25, -0.2) is 0 Å². The number of likely N-dealkylation sites (tertiary alicyclic amines) is 1. The van der Waals surface area contributed by atoms with Crippen molar-refractivity contribution in [2.24, 2.45) is 5.92 Å². The molecule has 3 nitrogen and oxygen atoms in total. The molecule has 0 spiro atoms. The average Bonchev–Trinajstić information content (AvgIpc) is 2.55. The Morgan fingerprint density at radius 1 is 1.14 bits per heavy atom. The van der Waals surface area contributed by atoms with Crippen molar-refractivity contribution in [2.75, 3.05) is 13.1 Å². The van der Waals surface area contributed by atoms with E-state index in [9.17, 15) is 4.79 Å². The van der Waals surface area contributed by atoms with Gasteiger partial charge in [-0.3, -0.25) is 4.79 Å². The van der Waals surface area contributed by atoms with Crippen LogP contribution in [0.5, 0.6) is 5.75 Å². The van der Waals surface area contributed by atoms with Crippen molar-refractivity contribution in [2.45, 2.75) is 32.8 Å². The lowest BCUT2D eigenvalue weighted by molar-refractivity contribution is -0.139. The average molecular weight is 297 g/mol. The number of hydrogen-bond donors (Lipinski definition) is 0. The largest absolute Gasteiger partial charge is 0.481 e. The number of nitrogens with zero attached hydrogens (tertiary/aromatic N) is 1. The summed E-state index contributed by atoms with van der Waals surface area (Å²) < 4.78 is 5.87. The maximum atomic E-state index is 12.5. The van der Waals surface area contributed by atoms with Crippen LogP contribution in [0.3, 0.4) is 0 Å². The van der Waals surface area contributed by atoms with Crippen LogP contribution in [-0.2, 0) is 4.79 Å². The first-order valence-electron chi connectivity index (χ1n) is 8.08. The fourth-order valence-electron chi connectivity index (χ4n) is 2.98. The standard InChI is InChI=1S/C19H23NO2/c1-14-9-11-20(12-10-14)19(21)15(2)22-18-8-7-16-5-3-4-6-17(16)13-18/h3-8,13-15H,9-12H2,1-2H3/t15-/m0/s1. The highest BCUT2D eigenvalue weighted by Gasteiger charge is 2.25. The number of piperidine rings is 1. The Labute approximate surface area is 131 Å². The third-order valence-corrected chi connectivity index (χ3v) is 4.48. The van der Waals surface area contributed by atoms with Gasteiger partial charge in [0, 0.05) is 13.1 Å². The van der Waals surface area contributed by atoms with Gasteiger partial charge in [-0.05, 0) is 48.6 Å². The molecule has 0 N–H and O–H groups in total. The van der Waals surface area contributed by atoms with E-state index in [1.54, 1.807) is 0 Å². The fraction of sp³-hybridized carbons (Fsp3) is 0.421. The maximum absolute atomic E-state index is 12.5. The van der Waals surface area contributed by atoms with E-state index < -0.39 is 6.10 Å². The zero-order valence-electron chi connectivity index (χ0n) is 13.3. The van der Waals surface area contributed by atoms with E-state index in [0.29, 0.717) is 0 Å². The van der Waals surface area contributed by atoms with Crippen molar-refractivity contribution >= 4 is 16.7 Å². The highest BCUT2D eigenvalue weighted by atomic mass is 16.5. The van der Waals surface area contributed by atoms with Crippen molar-refractivity contribution < 1.29 is 9.53 Å². The normalized spacial score (nSPS) is 17.5. The van der Waals surface area contributed by atoms with Crippen molar-refractivity contribution in [1.29, 1.82) is 0 Å². The van der Waals surface area contributed by atoms with Crippen molar-refractivity contribution in [3.8, 4) is 5.75 Å². The molecule has 0 radical (unpaired) electrons. The molecule has 0 bridgehead atoms. The molecule has 1 aliphatic heterocycles. The molecule has 0 aromatic heterocycles. The summed E-state index contributed by atoms with van der Waals surface area (Å²) in [5.74, 6) is 1.57. The minimum atomic E-state index is -0.436. The number of amides is 1. The summed E-state index contributed by atoms with van der Waals surface area (Å²) in [5.41, 5.74) is 0. The molecule has 3 rings (SSSR count). The van der Waals surface area contributed by atoms with E-state index in [1.807, 2.05) is 42.2 Å². The zero-order chi connectivity index (χ0) is 15.5. The number of carbonyl (C=O) groups excluding carboxylic acids is 1. The fourth-order valence-corrected chi connectivity index (χ4v) is 2.98. The third kappa shape index (κ3) is 3.24. The van der Waals surface area contributed by atoms with Crippen LogP contribution in [0.25, 0.3) is 10.8 Å². The van der Waals surface area contributed by atoms with Gasteiger partial charge in [0.05, 0.1) is 0 Å². The second-order valence-corrected chi connectivity index (χ2v) is 6.28. The molecule has 0 aliphatic carbocycles. The SMILES string of the molecule is CC1CCN(C(=O)[C@H](C)Oc2ccc3ccccc3c2)CC1. The predicted octanol–water partition coefficient (Wildman–Crippen LogP) is 3.87. The van der Waals surface area contributed by atoms with Crippen LogP contribution < -0.4 is 4.74 Å². The smallest absolute Gasteiger partial charge is 0.263 e. The summed E-state index contributed by atoms with van der Waals surface area (Å²) in [7, 11) is 0. The van der Waals surface area contributed by atoms with Gasteiger partial charge in [0.2, 0.25) is 0 Å². The number of ether oxygens (including phenoxy) is 1. The first-order chi connectivity index (χ1) is 10.6. The molecule has 1 amide bonds. The molecule has 1 heterocycles. The molecule has 3 heteroatoms. The van der Waals surface area contributed by atoms with Crippen LogP contribution >= 0.6 is 0 Å². The van der Waals surface area contributed by atoms with Crippen molar-refractivity contribution in [3.63, 3.8) is 0 Å². The van der Waals surface area contributed by atoms with Crippen LogP contribution in [0.15, 0.2) is 42.5 Å². The first-order valence-corrected chi connectivity index (χ1v) is 8.08. The van der Waals surface area contributed by atoms with E-state index in [2.05, 4.69) is 19.1 Å². The first kappa shape index (κ1) is 14.9. The molecule has 22 heavy (non-hydrogen) atoms. The molecule has 1 atom stereocenters. The Kier molecular flexibility index (Phi) is 4.32. The van der Waals surface area contributed by atoms with Crippen LogP contribution in [0, 0.1) is 5.92 Å². The van der Waals surface area contributed by atoms with Crippen molar-refractivity contribution in [3.05, 3.63) is 42.5 Å². The quantitative estimate of drug-likeness (QED) is 0.861. The van der Waals surface area contributed by atoms with E-state index in [0.717, 1.165) is 43.0 Å². The number of benzene rings is 2. The highest BCUT2D eigenvalue weighted by Crippen LogP contribution is 2.22. The van der Waals surface area contributed by atoms with Gasteiger partial charge in [-0.2, -0.15) is 0 Å². The van der Waals surface area contributed by atoms with Gasteiger partial charge in [-0.15, -0.1) is 0 Å². The Morgan fingerprint density at radius 3 is 2.55 bits per heavy atom. The van der Waals surface area contributed by atoms with Gasteiger partial charge in [-0.1, -0.05) is 37.3 Å². The second-order valence-electron chi connectivity index (χ2n) is 6.28. The van der Waals surface area contributed by atoms with Gasteiger partial charge < -0.3 is 9.64 Å². The Morgan fingerprint density at radius 2 is 1.82 bits per heavy atom. The zero-order valence-corrected chi connectivity index (χ0v) is 13.3. The van der Waals surface area contributed by atoms with E-state index >= 15 is 0 Å². The lowest BCUT2D eigenvalue weighted by Gasteiger charge is -2.32. The molecular formula is C19H23NO2. The van der Waals surface area contributed by atoms with Gasteiger partial charge >= 0.3 is 0 Å². The summed E-state index contributed by atoms with van der Waals surface area (Å²) in [6.07, 6.45) is 1.75. The molecule has 2 aromatic rings. The monoisotopic (exact) mass is 297 g/mol. The molecule has 1 saturated heterocycles. The number of hydrogen-bond acceptors (Lipinski definition) is 2. The molecule has 2 aromatic carbocycles. The predicted molar refractivity (Wildman–Crippen MR) is 89.0 cm³/mol. The van der Waals surface area contributed by atoms with Gasteiger partial charge in [0.15, 0.2) is 6.10 Å². The summed E-state index contributed by atoms with van der Waals surface area (Å²) in [6, 6.07) is 14.1. The Hall–Kier alpha value is -2.03. The number of carbonyl (C=O) groups is 1. The van der Waals surface area contributed by atoms with Crippen LogP contribution in [0.4, 0.5) is 0 Å². The van der Waals surface area contributed by atoms with Crippen LogP contribution in [0.1, 0.15) is 26.7 Å². The number of fused-ring (bicyclic) bond motifs is 1. The lowest BCUT2D eigenvalue weighted by Crippen LogP contribution is -2.44. The Balaban J connectivity index is 1.67. The Bertz CT molecular complexity index is 659. The second kappa shape index (κ2) is 6.39. The minimum Gasteiger partial charge on any atom is -0.481 e. The maximum Gasteiger partial charge on any atom is 0.263 e. The van der Waals surface area contributed by atoms with Crippen LogP contribution in [-0.4, -0.2) is 30.0 Å². The van der Waals surface area contributed by atoms with Crippen molar-refractivity contribution in [1.82, 2.24) is 4.90 Å². The molecule has 1 fully saturated rings. The van der Waals surface area contributed by atoms with Gasteiger partial charge in [0.1, 0.15) is 5.75 Å². The number of rotatable bonds is 3. The molecule has 1 aliphatic rings. The third-order valence-electron chi connectivity index (χ3n) is 4.48. The molecule has 0 unspecified atom stereocenters. The van der Waals surface area contributed by atoms with Crippen LogP contribution in [0.2, 0.25) is 0 Å². The summed E-state index contributed by atoms with van der Waals surface area (Å²) in [5, 5.41) is 2.31. The lowest BCUT2D eigenvalue weighted by atomic mass is 9.99. The van der Waals surface area contributed by atoms with E-state index in [4.69, 9.17) is 4.74 Å². The summed E-state index contributed by atoms with van der Waals surface area (Å²) in [4.78, 5) is 14.4.